The molecule has 0 spiro atoms. The molecule has 192 valence electrons. The quantitative estimate of drug-likeness (QED) is 0.211. The van der Waals surface area contributed by atoms with Crippen molar-refractivity contribution in [3.63, 3.8) is 0 Å². The molecule has 0 fully saturated rings. The molecule has 1 nitrogen and oxygen atoms in total. The van der Waals surface area contributed by atoms with E-state index in [9.17, 15) is 5.11 Å². The van der Waals surface area contributed by atoms with E-state index in [1.807, 2.05) is 0 Å². The van der Waals surface area contributed by atoms with E-state index in [-0.39, 0.29) is 28.2 Å². The van der Waals surface area contributed by atoms with Crippen molar-refractivity contribution >= 4 is 17.4 Å². The van der Waals surface area contributed by atoms with Crippen LogP contribution in [0.15, 0.2) is 0 Å². The van der Waals surface area contributed by atoms with Gasteiger partial charge in [-0.15, -0.1) is 0 Å². The molecule has 0 saturated heterocycles. The molecule has 0 bridgehead atoms. The third-order valence-corrected chi connectivity index (χ3v) is 7.04. The predicted octanol–water partition coefficient (Wildman–Crippen LogP) is 8.92. The number of hydrogen-bond acceptors (Lipinski definition) is 1. The van der Waals surface area contributed by atoms with E-state index < -0.39 is 0 Å². The lowest BCUT2D eigenvalue weighted by Gasteiger charge is -2.34. The maximum atomic E-state index is 11.7. The smallest absolute Gasteiger partial charge is 0.187 e. The molecule has 1 N–H and O–H groups in total. The number of phenols is 1. The molecule has 1 rings (SSSR count). The maximum Gasteiger partial charge on any atom is 0.187 e. The summed E-state index contributed by atoms with van der Waals surface area (Å²) in [4.78, 5) is 0. The fourth-order valence-electron chi connectivity index (χ4n) is 5.37. The Hall–Kier alpha value is -0.448. The minimum Gasteiger partial charge on any atom is -0.507 e. The minimum atomic E-state index is -0.0505. The number of hydrogen-bond donors (Lipinski definition) is 1. The monoisotopic (exact) mass is 474 g/mol. The molecule has 0 atom stereocenters. The van der Waals surface area contributed by atoms with Crippen molar-refractivity contribution in [3.05, 3.63) is 27.8 Å². The first-order chi connectivity index (χ1) is 15.0. The first-order valence-electron chi connectivity index (χ1n) is 13.8. The van der Waals surface area contributed by atoms with Gasteiger partial charge in [-0.05, 0) is 60.1 Å². The fraction of sp³-hybridized carbons (Fsp3) is 0.806. The molecule has 0 aliphatic carbocycles. The topological polar surface area (TPSA) is 20.2 Å². The fourth-order valence-corrected chi connectivity index (χ4v) is 5.37. The van der Waals surface area contributed by atoms with Crippen LogP contribution in [0.2, 0.25) is 0 Å². The zero-order chi connectivity index (χ0) is 24.4. The van der Waals surface area contributed by atoms with Crippen LogP contribution < -0.4 is 0 Å². The summed E-state index contributed by atoms with van der Waals surface area (Å²) in [5.74, 6) is 0.595. The zero-order valence-corrected chi connectivity index (χ0v) is 23.3. The molecule has 0 aromatic heterocycles. The van der Waals surface area contributed by atoms with Crippen molar-refractivity contribution in [1.29, 1.82) is 0 Å². The first-order valence-corrected chi connectivity index (χ1v) is 13.8. The largest absolute Gasteiger partial charge is 0.507 e. The van der Waals surface area contributed by atoms with Gasteiger partial charge in [-0.3, -0.25) is 0 Å². The second-order valence-electron chi connectivity index (χ2n) is 12.2. The number of rotatable bonds is 14. The normalized spacial score (nSPS) is 12.2. The summed E-state index contributed by atoms with van der Waals surface area (Å²) >= 11 is 0. The van der Waals surface area contributed by atoms with Gasteiger partial charge in [-0.1, -0.05) is 120 Å². The molecule has 0 heterocycles. The van der Waals surface area contributed by atoms with Crippen LogP contribution in [-0.2, 0) is 23.7 Å². The van der Waals surface area contributed by atoms with Crippen LogP contribution in [0, 0.1) is 6.92 Å². The van der Waals surface area contributed by atoms with Gasteiger partial charge in [-0.25, -0.2) is 0 Å². The second kappa shape index (κ2) is 15.5. The summed E-state index contributed by atoms with van der Waals surface area (Å²) in [6.07, 6.45) is 18.0. The van der Waals surface area contributed by atoms with Gasteiger partial charge >= 0.3 is 0 Å². The summed E-state index contributed by atoms with van der Waals surface area (Å²) in [6, 6.07) is 0. The van der Waals surface area contributed by atoms with Crippen molar-refractivity contribution in [3.8, 4) is 5.75 Å². The Bertz CT molecular complexity index is 621. The van der Waals surface area contributed by atoms with Crippen molar-refractivity contribution in [2.75, 3.05) is 0 Å². The number of unbranched alkanes of at least 4 members (excludes halogenated alkanes) is 10. The molecule has 0 amide bonds. The van der Waals surface area contributed by atoms with Crippen molar-refractivity contribution in [2.24, 2.45) is 0 Å². The van der Waals surface area contributed by atoms with Gasteiger partial charge in [0.25, 0.3) is 0 Å². The average molecular weight is 475 g/mol. The van der Waals surface area contributed by atoms with Gasteiger partial charge in [0.2, 0.25) is 0 Å². The number of phenolic OH excluding ortho intramolecular Hbond substituents is 1. The Morgan fingerprint density at radius 2 is 0.848 bits per heavy atom. The highest BCUT2D eigenvalue weighted by Gasteiger charge is 2.32. The van der Waals surface area contributed by atoms with Crippen molar-refractivity contribution in [1.82, 2.24) is 0 Å². The van der Waals surface area contributed by atoms with Crippen molar-refractivity contribution < 1.29 is 5.11 Å². The van der Waals surface area contributed by atoms with Crippen LogP contribution in [0.5, 0.6) is 5.75 Å². The average Bonchev–Trinajstić information content (AvgIpc) is 2.67. The SMILES string of the molecule is CCCCCCCCc1c(C)c(CCCCCCCC)c(C(C)(C)C)c(O)c1C(C)(C)C.[AlH3]. The molecule has 0 unspecified atom stereocenters. The lowest BCUT2D eigenvalue weighted by atomic mass is 9.71. The third kappa shape index (κ3) is 10.4. The summed E-state index contributed by atoms with van der Waals surface area (Å²) in [5, 5.41) is 11.7. The van der Waals surface area contributed by atoms with E-state index in [0.29, 0.717) is 5.75 Å². The van der Waals surface area contributed by atoms with Crippen molar-refractivity contribution in [2.45, 2.75) is 163 Å². The van der Waals surface area contributed by atoms with Crippen LogP contribution >= 0.6 is 0 Å². The number of aromatic hydroxyl groups is 1. The highest BCUT2D eigenvalue weighted by molar-refractivity contribution is 5.75. The molecule has 0 saturated carbocycles. The lowest BCUT2D eigenvalue weighted by Crippen LogP contribution is -2.23. The second-order valence-corrected chi connectivity index (χ2v) is 12.2. The van der Waals surface area contributed by atoms with Gasteiger partial charge in [0.15, 0.2) is 17.4 Å². The van der Waals surface area contributed by atoms with E-state index >= 15 is 0 Å². The Balaban J connectivity index is 0.0000102. The van der Waals surface area contributed by atoms with E-state index in [0.717, 1.165) is 12.8 Å². The molecule has 2 heteroatoms. The summed E-state index contributed by atoms with van der Waals surface area (Å²) in [5.41, 5.74) is 6.68. The third-order valence-electron chi connectivity index (χ3n) is 7.04. The Morgan fingerprint density at radius 1 is 0.545 bits per heavy atom. The highest BCUT2D eigenvalue weighted by Crippen LogP contribution is 2.46. The summed E-state index contributed by atoms with van der Waals surface area (Å²) in [7, 11) is 0. The molecule has 0 aliphatic heterocycles. The Kier molecular flexibility index (Phi) is 15.3. The van der Waals surface area contributed by atoms with E-state index in [2.05, 4.69) is 62.3 Å². The predicted molar refractivity (Wildman–Crippen MR) is 154 cm³/mol. The highest BCUT2D eigenvalue weighted by atomic mass is 27.0. The molecule has 0 radical (unpaired) electrons. The van der Waals surface area contributed by atoms with Gasteiger partial charge in [-0.2, -0.15) is 0 Å². The van der Waals surface area contributed by atoms with Crippen LogP contribution in [0.3, 0.4) is 0 Å². The van der Waals surface area contributed by atoms with Gasteiger partial charge < -0.3 is 5.11 Å². The molecular weight excluding hydrogens is 415 g/mol. The van der Waals surface area contributed by atoms with Crippen LogP contribution in [-0.4, -0.2) is 22.5 Å². The van der Waals surface area contributed by atoms with Crippen LogP contribution in [0.1, 0.15) is 160 Å². The Morgan fingerprint density at radius 3 is 1.15 bits per heavy atom. The molecule has 0 aliphatic rings. The molecule has 33 heavy (non-hydrogen) atoms. The molecular formula is C31H59AlO. The Labute approximate surface area is 218 Å². The van der Waals surface area contributed by atoms with Gasteiger partial charge in [0.05, 0.1) is 0 Å². The van der Waals surface area contributed by atoms with E-state index in [4.69, 9.17) is 0 Å². The van der Waals surface area contributed by atoms with E-state index in [1.165, 1.54) is 105 Å². The standard InChI is InChI=1S/C31H56O.Al.3H/c1-10-12-14-16-18-20-22-25-24(3)26(23-21-19-17-15-13-11-2)28(31(7,8)9)29(32)27(25)30(4,5)6;;;;/h32H,10-23H2,1-9H3;;;;. The maximum absolute atomic E-state index is 11.7. The van der Waals surface area contributed by atoms with Crippen LogP contribution in [0.25, 0.3) is 0 Å². The van der Waals surface area contributed by atoms with Gasteiger partial charge in [0, 0.05) is 11.1 Å². The van der Waals surface area contributed by atoms with Crippen LogP contribution in [0.4, 0.5) is 0 Å². The lowest BCUT2D eigenvalue weighted by molar-refractivity contribution is 0.417. The van der Waals surface area contributed by atoms with E-state index in [1.54, 1.807) is 0 Å². The zero-order valence-electron chi connectivity index (χ0n) is 23.3. The summed E-state index contributed by atoms with van der Waals surface area (Å²) < 4.78 is 0. The number of benzene rings is 1. The minimum absolute atomic E-state index is 0. The van der Waals surface area contributed by atoms with Gasteiger partial charge in [0.1, 0.15) is 5.75 Å². The molecule has 1 aromatic rings. The molecule has 1 aromatic carbocycles. The first kappa shape index (κ1) is 32.6. The summed E-state index contributed by atoms with van der Waals surface area (Å²) in [6.45, 7) is 20.5.